The Balaban J connectivity index is 0.00000132. The van der Waals surface area contributed by atoms with Crippen LogP contribution in [0.15, 0.2) is 12.7 Å². The molecule has 2 N–H and O–H groups in total. The predicted octanol–water partition coefficient (Wildman–Crippen LogP) is -7.06. The molecule has 2 unspecified atom stereocenters. The molecule has 3 heterocycles. The first-order valence-corrected chi connectivity index (χ1v) is 7.65. The van der Waals surface area contributed by atoms with Gasteiger partial charge in [0.1, 0.15) is 18.1 Å². The molecule has 0 aromatic carbocycles. The van der Waals surface area contributed by atoms with Gasteiger partial charge in [0, 0.05) is 0 Å². The summed E-state index contributed by atoms with van der Waals surface area (Å²) >= 11 is 0. The van der Waals surface area contributed by atoms with Crippen molar-refractivity contribution in [3.05, 3.63) is 12.7 Å². The van der Waals surface area contributed by atoms with Crippen molar-refractivity contribution in [2.45, 2.75) is 25.2 Å². The molecule has 1 saturated heterocycles. The number of ether oxygens (including phenoxy) is 1. The molecule has 0 saturated carbocycles. The molecular formula is C10H12N5Na2O5P. The van der Waals surface area contributed by atoms with Crippen molar-refractivity contribution < 1.29 is 82.7 Å². The van der Waals surface area contributed by atoms with Crippen LogP contribution in [0.5, 0.6) is 0 Å². The molecule has 1 aliphatic heterocycles. The van der Waals surface area contributed by atoms with Crippen molar-refractivity contribution >= 4 is 24.8 Å². The minimum Gasteiger partial charge on any atom is -0.790 e. The fourth-order valence-corrected chi connectivity index (χ4v) is 2.62. The van der Waals surface area contributed by atoms with Crippen molar-refractivity contribution in [2.24, 2.45) is 0 Å². The van der Waals surface area contributed by atoms with Gasteiger partial charge in [-0.1, -0.05) is 0 Å². The number of nitrogens with zero attached hydrogens (tertiary/aromatic N) is 4. The van der Waals surface area contributed by atoms with Gasteiger partial charge in [-0.15, -0.1) is 0 Å². The van der Waals surface area contributed by atoms with Gasteiger partial charge in [-0.2, -0.15) is 0 Å². The van der Waals surface area contributed by atoms with E-state index in [1.165, 1.54) is 12.7 Å². The normalized spacial score (nSPS) is 21.0. The van der Waals surface area contributed by atoms with Gasteiger partial charge in [0.2, 0.25) is 0 Å². The van der Waals surface area contributed by atoms with Crippen LogP contribution >= 0.6 is 7.82 Å². The zero-order chi connectivity index (χ0) is 15.0. The van der Waals surface area contributed by atoms with E-state index in [4.69, 9.17) is 10.5 Å². The molecule has 0 radical (unpaired) electrons. The summed E-state index contributed by atoms with van der Waals surface area (Å²) in [5.41, 5.74) is 6.71. The SMILES string of the molecule is Nc1ncnc2c1ncn2C1CCC(COP(=O)([O-])[O-])O1.[Na+].[Na+]. The smallest absolute Gasteiger partial charge is 0.790 e. The molecule has 10 nitrogen and oxygen atoms in total. The molecule has 0 amide bonds. The Morgan fingerprint density at radius 2 is 2.09 bits per heavy atom. The standard InChI is InChI=1S/C10H14N5O5P.2Na/c11-9-8-10(13-4-12-9)15(5-14-8)7-2-1-6(20-7)3-19-21(16,17)18;;/h4-7H,1-3H2,(H2,11,12,13)(H2,16,17,18);;/q;2*+1/p-2. The van der Waals surface area contributed by atoms with Crippen LogP contribution in [0, 0.1) is 0 Å². The molecule has 0 spiro atoms. The Bertz CT molecular complexity index is 710. The van der Waals surface area contributed by atoms with Crippen LogP contribution in [0.25, 0.3) is 11.2 Å². The van der Waals surface area contributed by atoms with E-state index in [2.05, 4.69) is 19.5 Å². The number of nitrogens with two attached hydrogens (primary N) is 1. The number of imidazole rings is 1. The minimum absolute atomic E-state index is 0. The number of phosphoric ester groups is 1. The molecule has 23 heavy (non-hydrogen) atoms. The molecule has 2 aromatic heterocycles. The van der Waals surface area contributed by atoms with Crippen molar-refractivity contribution in [1.82, 2.24) is 19.5 Å². The number of anilines is 1. The van der Waals surface area contributed by atoms with E-state index in [-0.39, 0.29) is 77.8 Å². The maximum Gasteiger partial charge on any atom is 1.00 e. The number of aromatic nitrogens is 4. The molecule has 2 aromatic rings. The van der Waals surface area contributed by atoms with Crippen molar-refractivity contribution in [3.63, 3.8) is 0 Å². The Morgan fingerprint density at radius 1 is 1.35 bits per heavy atom. The third-order valence-electron chi connectivity index (χ3n) is 3.20. The summed E-state index contributed by atoms with van der Waals surface area (Å²) in [5, 5.41) is 0. The van der Waals surface area contributed by atoms with Gasteiger partial charge < -0.3 is 29.3 Å². The molecule has 114 valence electrons. The number of nitrogen functional groups attached to an aromatic ring is 1. The predicted molar refractivity (Wildman–Crippen MR) is 66.4 cm³/mol. The Kier molecular flexibility index (Phi) is 8.10. The number of fused-ring (bicyclic) bond motifs is 1. The summed E-state index contributed by atoms with van der Waals surface area (Å²) in [5.74, 6) is 0.273. The van der Waals surface area contributed by atoms with Crippen LogP contribution < -0.4 is 74.6 Å². The average molecular weight is 359 g/mol. The van der Waals surface area contributed by atoms with Gasteiger partial charge in [0.05, 0.1) is 26.9 Å². The first-order valence-electron chi connectivity index (χ1n) is 6.19. The first-order chi connectivity index (χ1) is 9.94. The molecule has 13 heteroatoms. The van der Waals surface area contributed by atoms with Crippen LogP contribution in [0.4, 0.5) is 5.82 Å². The van der Waals surface area contributed by atoms with Gasteiger partial charge in [-0.05, 0) is 12.8 Å². The van der Waals surface area contributed by atoms with Crippen molar-refractivity contribution in [3.8, 4) is 0 Å². The van der Waals surface area contributed by atoms with E-state index in [1.54, 1.807) is 4.57 Å². The second-order valence-electron chi connectivity index (χ2n) is 4.62. The van der Waals surface area contributed by atoms with Gasteiger partial charge >= 0.3 is 59.1 Å². The molecule has 2 atom stereocenters. The molecular weight excluding hydrogens is 347 g/mol. The third kappa shape index (κ3) is 5.20. The number of phosphoric acid groups is 1. The van der Waals surface area contributed by atoms with Crippen LogP contribution in [0.3, 0.4) is 0 Å². The number of hydrogen-bond donors (Lipinski definition) is 1. The molecule has 1 aliphatic rings. The van der Waals surface area contributed by atoms with Gasteiger partial charge in [-0.25, -0.2) is 15.0 Å². The molecule has 3 rings (SSSR count). The van der Waals surface area contributed by atoms with Crippen LogP contribution in [0.1, 0.15) is 19.1 Å². The monoisotopic (exact) mass is 359 g/mol. The fourth-order valence-electron chi connectivity index (χ4n) is 2.27. The van der Waals surface area contributed by atoms with Crippen molar-refractivity contribution in [2.75, 3.05) is 12.3 Å². The average Bonchev–Trinajstić information content (AvgIpc) is 3.02. The Hall–Kier alpha value is 0.420. The molecule has 1 fully saturated rings. The van der Waals surface area contributed by atoms with Gasteiger partial charge in [0.15, 0.2) is 11.5 Å². The summed E-state index contributed by atoms with van der Waals surface area (Å²) in [6.45, 7) is -0.287. The maximum atomic E-state index is 10.5. The van der Waals surface area contributed by atoms with Gasteiger partial charge in [0.25, 0.3) is 0 Å². The summed E-state index contributed by atoms with van der Waals surface area (Å²) in [7, 11) is -4.98. The topological polar surface area (TPSA) is 151 Å². The zero-order valence-corrected chi connectivity index (χ0v) is 17.7. The molecule has 0 bridgehead atoms. The third-order valence-corrected chi connectivity index (χ3v) is 3.67. The summed E-state index contributed by atoms with van der Waals surface area (Å²) in [6, 6.07) is 0. The van der Waals surface area contributed by atoms with Crippen LogP contribution in [0.2, 0.25) is 0 Å². The zero-order valence-electron chi connectivity index (χ0n) is 12.8. The summed E-state index contributed by atoms with van der Waals surface area (Å²) < 4.78 is 22.0. The van der Waals surface area contributed by atoms with E-state index < -0.39 is 13.9 Å². The second-order valence-corrected chi connectivity index (χ2v) is 5.77. The van der Waals surface area contributed by atoms with E-state index >= 15 is 0 Å². The Labute approximate surface area is 176 Å². The second kappa shape index (κ2) is 8.68. The fraction of sp³-hybridized carbons (Fsp3) is 0.500. The largest absolute Gasteiger partial charge is 1.00 e. The first kappa shape index (κ1) is 21.5. The Morgan fingerprint density at radius 3 is 2.78 bits per heavy atom. The van der Waals surface area contributed by atoms with E-state index in [0.717, 1.165) is 0 Å². The van der Waals surface area contributed by atoms with Gasteiger partial charge in [-0.3, -0.25) is 4.57 Å². The van der Waals surface area contributed by atoms with E-state index in [0.29, 0.717) is 24.0 Å². The van der Waals surface area contributed by atoms with Crippen LogP contribution in [-0.4, -0.2) is 32.2 Å². The maximum absolute atomic E-state index is 10.5. The van der Waals surface area contributed by atoms with Crippen LogP contribution in [-0.2, 0) is 13.8 Å². The summed E-state index contributed by atoms with van der Waals surface area (Å²) in [4.78, 5) is 33.0. The summed E-state index contributed by atoms with van der Waals surface area (Å²) in [6.07, 6.45) is 3.21. The molecule has 0 aliphatic carbocycles. The van der Waals surface area contributed by atoms with E-state index in [1.807, 2.05) is 0 Å². The minimum atomic E-state index is -4.98. The van der Waals surface area contributed by atoms with Crippen molar-refractivity contribution in [1.29, 1.82) is 0 Å². The quantitative estimate of drug-likeness (QED) is 0.415. The van der Waals surface area contributed by atoms with E-state index in [9.17, 15) is 14.4 Å². The number of hydrogen-bond acceptors (Lipinski definition) is 9. The number of rotatable bonds is 4.